The zero-order chi connectivity index (χ0) is 17.0. The molecule has 0 saturated carbocycles. The lowest BCUT2D eigenvalue weighted by Gasteiger charge is -2.05. The number of phenolic OH excluding ortho intramolecular Hbond substituents is 1. The van der Waals surface area contributed by atoms with Gasteiger partial charge in [0.25, 0.3) is 5.56 Å². The normalized spacial score (nSPS) is 10.7. The van der Waals surface area contributed by atoms with Gasteiger partial charge in [-0.05, 0) is 6.07 Å². The number of phenols is 1. The van der Waals surface area contributed by atoms with E-state index in [1.165, 1.54) is 25.6 Å². The zero-order valence-corrected chi connectivity index (χ0v) is 12.4. The Bertz CT molecular complexity index is 835. The molecule has 1 heterocycles. The third-order valence-electron chi connectivity index (χ3n) is 2.69. The molecular formula is C12H10ClN5O5. The third kappa shape index (κ3) is 3.55. The maximum Gasteiger partial charge on any atom is 0.315 e. The van der Waals surface area contributed by atoms with Crippen LogP contribution < -0.4 is 15.7 Å². The van der Waals surface area contributed by atoms with E-state index < -0.39 is 21.9 Å². The summed E-state index contributed by atoms with van der Waals surface area (Å²) in [4.78, 5) is 21.4. The van der Waals surface area contributed by atoms with Crippen LogP contribution in [0.3, 0.4) is 0 Å². The molecule has 1 aromatic heterocycles. The summed E-state index contributed by atoms with van der Waals surface area (Å²) >= 11 is 5.75. The number of nitrogens with zero attached hydrogens (tertiary/aromatic N) is 3. The Morgan fingerprint density at radius 3 is 2.96 bits per heavy atom. The number of aromatic hydroxyl groups is 1. The average Bonchev–Trinajstić information content (AvgIpc) is 2.52. The molecule has 0 aliphatic heterocycles. The van der Waals surface area contributed by atoms with Crippen molar-refractivity contribution in [1.29, 1.82) is 0 Å². The number of rotatable bonds is 5. The van der Waals surface area contributed by atoms with E-state index in [0.717, 1.165) is 6.07 Å². The molecule has 2 rings (SSSR count). The van der Waals surface area contributed by atoms with Crippen LogP contribution in [0, 0.1) is 10.1 Å². The lowest BCUT2D eigenvalue weighted by Crippen LogP contribution is -2.10. The van der Waals surface area contributed by atoms with Gasteiger partial charge in [0.2, 0.25) is 5.75 Å². The standard InChI is InChI=1S/C12H10ClN5O5/c1-23-9-3-6(2-8(11(9)19)18(21)22)4-14-16-7-5-15-17-12(20)10(7)13/h2-5,19H,1H3,(H2,16,17,20). The average molecular weight is 340 g/mol. The van der Waals surface area contributed by atoms with Crippen LogP contribution in [0.2, 0.25) is 5.02 Å². The minimum absolute atomic E-state index is 0.0727. The molecule has 1 aromatic carbocycles. The van der Waals surface area contributed by atoms with E-state index in [9.17, 15) is 20.0 Å². The van der Waals surface area contributed by atoms with Crippen molar-refractivity contribution in [2.45, 2.75) is 0 Å². The SMILES string of the molecule is COc1cc(C=NNc2cn[nH]c(=O)c2Cl)cc([N+](=O)[O-])c1O. The highest BCUT2D eigenvalue weighted by atomic mass is 35.5. The number of aromatic amines is 1. The van der Waals surface area contributed by atoms with E-state index in [0.29, 0.717) is 0 Å². The Morgan fingerprint density at radius 1 is 1.57 bits per heavy atom. The van der Waals surface area contributed by atoms with Crippen LogP contribution in [-0.2, 0) is 0 Å². The van der Waals surface area contributed by atoms with E-state index in [4.69, 9.17) is 16.3 Å². The molecule has 2 aromatic rings. The Balaban J connectivity index is 2.29. The van der Waals surface area contributed by atoms with Gasteiger partial charge in [-0.2, -0.15) is 10.2 Å². The maximum atomic E-state index is 11.3. The number of nitrogens with one attached hydrogen (secondary N) is 2. The van der Waals surface area contributed by atoms with E-state index in [1.807, 2.05) is 0 Å². The summed E-state index contributed by atoms with van der Waals surface area (Å²) in [5.41, 5.74) is 1.81. The minimum atomic E-state index is -0.750. The highest BCUT2D eigenvalue weighted by Crippen LogP contribution is 2.36. The molecule has 0 bridgehead atoms. The van der Waals surface area contributed by atoms with Crippen molar-refractivity contribution in [1.82, 2.24) is 10.2 Å². The maximum absolute atomic E-state index is 11.3. The Kier molecular flexibility index (Phi) is 4.76. The second kappa shape index (κ2) is 6.75. The first-order valence-electron chi connectivity index (χ1n) is 6.01. The van der Waals surface area contributed by atoms with Crippen molar-refractivity contribution in [3.63, 3.8) is 0 Å². The lowest BCUT2D eigenvalue weighted by atomic mass is 10.2. The fraction of sp³-hybridized carbons (Fsp3) is 0.0833. The summed E-state index contributed by atoms with van der Waals surface area (Å²) in [5.74, 6) is -0.652. The van der Waals surface area contributed by atoms with Gasteiger partial charge in [0.05, 0.1) is 24.4 Å². The molecule has 10 nitrogen and oxygen atoms in total. The summed E-state index contributed by atoms with van der Waals surface area (Å²) < 4.78 is 4.86. The van der Waals surface area contributed by atoms with Crippen LogP contribution in [0.15, 0.2) is 28.2 Å². The molecule has 0 radical (unpaired) electrons. The van der Waals surface area contributed by atoms with Crippen LogP contribution >= 0.6 is 11.6 Å². The van der Waals surface area contributed by atoms with Crippen LogP contribution in [0.4, 0.5) is 11.4 Å². The monoisotopic (exact) mass is 339 g/mol. The van der Waals surface area contributed by atoms with E-state index in [1.54, 1.807) is 0 Å². The zero-order valence-electron chi connectivity index (χ0n) is 11.6. The number of halogens is 1. The lowest BCUT2D eigenvalue weighted by molar-refractivity contribution is -0.386. The van der Waals surface area contributed by atoms with Gasteiger partial charge in [0, 0.05) is 11.6 Å². The van der Waals surface area contributed by atoms with Gasteiger partial charge in [-0.15, -0.1) is 0 Å². The van der Waals surface area contributed by atoms with Crippen molar-refractivity contribution >= 4 is 29.2 Å². The third-order valence-corrected chi connectivity index (χ3v) is 3.06. The molecule has 11 heteroatoms. The highest BCUT2D eigenvalue weighted by molar-refractivity contribution is 6.32. The molecular weight excluding hydrogens is 330 g/mol. The van der Waals surface area contributed by atoms with Gasteiger partial charge in [-0.1, -0.05) is 11.6 Å². The Labute approximate surface area is 133 Å². The first kappa shape index (κ1) is 16.2. The molecule has 23 heavy (non-hydrogen) atoms. The predicted octanol–water partition coefficient (Wildman–Crippen LogP) is 1.49. The van der Waals surface area contributed by atoms with Gasteiger partial charge in [0.1, 0.15) is 10.7 Å². The van der Waals surface area contributed by atoms with Gasteiger partial charge in [0.15, 0.2) is 5.75 Å². The molecule has 0 saturated heterocycles. The van der Waals surface area contributed by atoms with Gasteiger partial charge in [-0.25, -0.2) is 5.10 Å². The fourth-order valence-electron chi connectivity index (χ4n) is 1.62. The molecule has 0 spiro atoms. The summed E-state index contributed by atoms with van der Waals surface area (Å²) in [6, 6.07) is 2.46. The number of methoxy groups -OCH3 is 1. The first-order chi connectivity index (χ1) is 10.9. The van der Waals surface area contributed by atoms with Gasteiger partial charge in [-0.3, -0.25) is 20.3 Å². The summed E-state index contributed by atoms with van der Waals surface area (Å²) in [6.45, 7) is 0. The number of hydrogen-bond donors (Lipinski definition) is 3. The number of hydrogen-bond acceptors (Lipinski definition) is 8. The summed E-state index contributed by atoms with van der Waals surface area (Å²) in [5, 5.41) is 29.9. The summed E-state index contributed by atoms with van der Waals surface area (Å²) in [6.07, 6.45) is 2.48. The largest absolute Gasteiger partial charge is 0.500 e. The molecule has 3 N–H and O–H groups in total. The van der Waals surface area contributed by atoms with Crippen LogP contribution in [-0.4, -0.2) is 33.6 Å². The molecule has 0 atom stereocenters. The van der Waals surface area contributed by atoms with Gasteiger partial charge < -0.3 is 9.84 Å². The van der Waals surface area contributed by atoms with Crippen LogP contribution in [0.1, 0.15) is 5.56 Å². The predicted molar refractivity (Wildman–Crippen MR) is 82.4 cm³/mol. The molecule has 0 aliphatic rings. The number of nitro benzene ring substituents is 1. The number of nitro groups is 1. The minimum Gasteiger partial charge on any atom is -0.500 e. The Morgan fingerprint density at radius 2 is 2.30 bits per heavy atom. The number of hydrazone groups is 1. The van der Waals surface area contributed by atoms with Crippen molar-refractivity contribution in [2.75, 3.05) is 12.5 Å². The van der Waals surface area contributed by atoms with Crippen molar-refractivity contribution < 1.29 is 14.8 Å². The number of ether oxygens (including phenoxy) is 1. The molecule has 120 valence electrons. The second-order valence-corrected chi connectivity index (χ2v) is 4.52. The first-order valence-corrected chi connectivity index (χ1v) is 6.39. The van der Waals surface area contributed by atoms with Crippen LogP contribution in [0.5, 0.6) is 11.5 Å². The number of aromatic nitrogens is 2. The van der Waals surface area contributed by atoms with Crippen molar-refractivity contribution in [3.8, 4) is 11.5 Å². The number of benzene rings is 1. The molecule has 0 unspecified atom stereocenters. The number of H-pyrrole nitrogens is 1. The number of anilines is 1. The van der Waals surface area contributed by atoms with Crippen molar-refractivity contribution in [2.24, 2.45) is 5.10 Å². The van der Waals surface area contributed by atoms with E-state index in [2.05, 4.69) is 20.7 Å². The van der Waals surface area contributed by atoms with Gasteiger partial charge >= 0.3 is 5.69 Å². The summed E-state index contributed by atoms with van der Waals surface area (Å²) in [7, 11) is 1.26. The quantitative estimate of drug-likeness (QED) is 0.425. The smallest absolute Gasteiger partial charge is 0.315 e. The highest BCUT2D eigenvalue weighted by Gasteiger charge is 2.19. The van der Waals surface area contributed by atoms with E-state index >= 15 is 0 Å². The molecule has 0 fully saturated rings. The van der Waals surface area contributed by atoms with E-state index in [-0.39, 0.29) is 22.0 Å². The molecule has 0 amide bonds. The van der Waals surface area contributed by atoms with Crippen LogP contribution in [0.25, 0.3) is 0 Å². The molecule has 0 aliphatic carbocycles. The second-order valence-electron chi connectivity index (χ2n) is 4.14. The van der Waals surface area contributed by atoms with Crippen molar-refractivity contribution in [3.05, 3.63) is 49.4 Å². The topological polar surface area (TPSA) is 143 Å². The fourth-order valence-corrected chi connectivity index (χ4v) is 1.75. The Hall–Kier alpha value is -3.14.